The second-order valence-electron chi connectivity index (χ2n) is 8.53. The number of benzene rings is 2. The van der Waals surface area contributed by atoms with Crippen molar-refractivity contribution in [2.24, 2.45) is 10.5 Å². The first-order valence-corrected chi connectivity index (χ1v) is 11.3. The third-order valence-corrected chi connectivity index (χ3v) is 6.79. The van der Waals surface area contributed by atoms with Crippen LogP contribution < -0.4 is 5.43 Å². The van der Waals surface area contributed by atoms with Crippen LogP contribution in [-0.4, -0.2) is 26.8 Å². The standard InChI is InChI=1S/C25H22N4O2S/c1-25(2)13-12-15-10-11-16(18-7-5-8-20(26-18)23(30)31)14-17(15)22(25)28-29-24-27-19-6-3-4-9-21(19)32-24/h3-11,14H,12-13H2,1-2H3,(H,27,29)(H,30,31)/b28-22-. The fourth-order valence-corrected chi connectivity index (χ4v) is 4.86. The molecule has 0 saturated heterocycles. The van der Waals surface area contributed by atoms with Crippen LogP contribution in [0, 0.1) is 5.41 Å². The quantitative estimate of drug-likeness (QED) is 0.387. The Balaban J connectivity index is 1.55. The van der Waals surface area contributed by atoms with Crippen LogP contribution in [0.25, 0.3) is 21.5 Å². The number of carboxylic acids is 1. The highest BCUT2D eigenvalue weighted by Crippen LogP contribution is 2.37. The minimum atomic E-state index is -1.03. The molecule has 2 aromatic heterocycles. The third kappa shape index (κ3) is 3.76. The first kappa shape index (κ1) is 20.3. The molecule has 6 nitrogen and oxygen atoms in total. The molecule has 7 heteroatoms. The fraction of sp³-hybridized carbons (Fsp3) is 0.200. The van der Waals surface area contributed by atoms with Gasteiger partial charge in [-0.15, -0.1) is 0 Å². The van der Waals surface area contributed by atoms with Gasteiger partial charge >= 0.3 is 5.97 Å². The number of nitrogens with one attached hydrogen (secondary N) is 1. The van der Waals surface area contributed by atoms with Gasteiger partial charge < -0.3 is 5.11 Å². The summed E-state index contributed by atoms with van der Waals surface area (Å²) in [6.45, 7) is 4.40. The van der Waals surface area contributed by atoms with E-state index in [2.05, 4.69) is 47.4 Å². The number of aryl methyl sites for hydroxylation is 1. The smallest absolute Gasteiger partial charge is 0.354 e. The molecule has 0 unspecified atom stereocenters. The Bertz CT molecular complexity index is 1340. The second-order valence-corrected chi connectivity index (χ2v) is 9.56. The van der Waals surface area contributed by atoms with Crippen LogP contribution in [-0.2, 0) is 6.42 Å². The Hall–Kier alpha value is -3.58. The molecule has 0 spiro atoms. The van der Waals surface area contributed by atoms with E-state index >= 15 is 0 Å². The highest BCUT2D eigenvalue weighted by atomic mass is 32.1. The lowest BCUT2D eigenvalue weighted by atomic mass is 9.72. The molecule has 0 atom stereocenters. The van der Waals surface area contributed by atoms with Gasteiger partial charge in [-0.05, 0) is 48.7 Å². The van der Waals surface area contributed by atoms with E-state index in [1.54, 1.807) is 17.4 Å². The Kier molecular flexibility index (Phi) is 4.98. The van der Waals surface area contributed by atoms with Gasteiger partial charge in [-0.2, -0.15) is 5.10 Å². The van der Waals surface area contributed by atoms with Crippen LogP contribution in [0.5, 0.6) is 0 Å². The van der Waals surface area contributed by atoms with Crippen LogP contribution in [0.15, 0.2) is 65.8 Å². The van der Waals surface area contributed by atoms with Crippen LogP contribution in [0.1, 0.15) is 41.9 Å². The first-order chi connectivity index (χ1) is 15.4. The molecule has 5 rings (SSSR count). The number of hydrogen-bond acceptors (Lipinski definition) is 6. The monoisotopic (exact) mass is 442 g/mol. The largest absolute Gasteiger partial charge is 0.477 e. The summed E-state index contributed by atoms with van der Waals surface area (Å²) in [6, 6.07) is 19.3. The second kappa shape index (κ2) is 7.84. The van der Waals surface area contributed by atoms with E-state index in [4.69, 9.17) is 5.10 Å². The number of fused-ring (bicyclic) bond motifs is 2. The Morgan fingerprint density at radius 2 is 1.94 bits per heavy atom. The minimum Gasteiger partial charge on any atom is -0.477 e. The van der Waals surface area contributed by atoms with E-state index in [0.29, 0.717) is 5.69 Å². The highest BCUT2D eigenvalue weighted by molar-refractivity contribution is 7.22. The predicted molar refractivity (Wildman–Crippen MR) is 129 cm³/mol. The number of hydrogen-bond donors (Lipinski definition) is 2. The summed E-state index contributed by atoms with van der Waals surface area (Å²) in [7, 11) is 0. The summed E-state index contributed by atoms with van der Waals surface area (Å²) < 4.78 is 1.12. The normalized spacial score (nSPS) is 16.1. The lowest BCUT2D eigenvalue weighted by molar-refractivity contribution is 0.0690. The average molecular weight is 443 g/mol. The number of hydrazone groups is 1. The van der Waals surface area contributed by atoms with Crippen LogP contribution in [0.4, 0.5) is 5.13 Å². The zero-order valence-electron chi connectivity index (χ0n) is 17.8. The van der Waals surface area contributed by atoms with Gasteiger partial charge in [-0.3, -0.25) is 5.43 Å². The number of carboxylic acid groups (broad SMARTS) is 1. The van der Waals surface area contributed by atoms with Gasteiger partial charge in [0, 0.05) is 16.5 Å². The first-order valence-electron chi connectivity index (χ1n) is 10.4. The number of para-hydroxylation sites is 1. The van der Waals surface area contributed by atoms with Crippen molar-refractivity contribution in [2.45, 2.75) is 26.7 Å². The molecule has 2 heterocycles. The molecule has 0 aliphatic heterocycles. The van der Waals surface area contributed by atoms with Crippen molar-refractivity contribution >= 4 is 38.4 Å². The summed E-state index contributed by atoms with van der Waals surface area (Å²) in [4.78, 5) is 20.3. The fourth-order valence-electron chi connectivity index (χ4n) is 4.05. The molecule has 0 amide bonds. The summed E-state index contributed by atoms with van der Waals surface area (Å²) in [5, 5.41) is 14.9. The van der Waals surface area contributed by atoms with Gasteiger partial charge in [0.1, 0.15) is 5.69 Å². The van der Waals surface area contributed by atoms with E-state index in [1.807, 2.05) is 30.3 Å². The maximum atomic E-state index is 11.3. The maximum absolute atomic E-state index is 11.3. The zero-order valence-corrected chi connectivity index (χ0v) is 18.6. The van der Waals surface area contributed by atoms with E-state index in [9.17, 15) is 9.90 Å². The maximum Gasteiger partial charge on any atom is 0.354 e. The summed E-state index contributed by atoms with van der Waals surface area (Å²) in [5.74, 6) is -1.03. The van der Waals surface area contributed by atoms with E-state index in [0.717, 1.165) is 45.0 Å². The van der Waals surface area contributed by atoms with Crippen molar-refractivity contribution < 1.29 is 9.90 Å². The molecule has 0 fully saturated rings. The number of rotatable bonds is 4. The van der Waals surface area contributed by atoms with Gasteiger partial charge in [0.25, 0.3) is 0 Å². The van der Waals surface area contributed by atoms with Gasteiger partial charge in [0.05, 0.1) is 21.6 Å². The summed E-state index contributed by atoms with van der Waals surface area (Å²) in [5.41, 5.74) is 8.82. The summed E-state index contributed by atoms with van der Waals surface area (Å²) in [6.07, 6.45) is 1.96. The van der Waals surface area contributed by atoms with E-state index in [1.165, 1.54) is 11.6 Å². The van der Waals surface area contributed by atoms with Crippen molar-refractivity contribution in [2.75, 3.05) is 5.43 Å². The topological polar surface area (TPSA) is 87.5 Å². The molecule has 2 aromatic carbocycles. The van der Waals surface area contributed by atoms with Crippen LogP contribution in [0.3, 0.4) is 0 Å². The summed E-state index contributed by atoms with van der Waals surface area (Å²) >= 11 is 1.58. The lowest BCUT2D eigenvalue weighted by Gasteiger charge is -2.33. The van der Waals surface area contributed by atoms with Crippen LogP contribution in [0.2, 0.25) is 0 Å². The number of thiazole rings is 1. The number of aromatic carboxylic acids is 1. The van der Waals surface area contributed by atoms with Crippen molar-refractivity contribution in [1.29, 1.82) is 0 Å². The molecule has 0 radical (unpaired) electrons. The zero-order chi connectivity index (χ0) is 22.3. The highest BCUT2D eigenvalue weighted by Gasteiger charge is 2.33. The molecule has 32 heavy (non-hydrogen) atoms. The number of nitrogens with zero attached hydrogens (tertiary/aromatic N) is 3. The molecular weight excluding hydrogens is 420 g/mol. The molecular formula is C25H22N4O2S. The lowest BCUT2D eigenvalue weighted by Crippen LogP contribution is -2.32. The Morgan fingerprint density at radius 1 is 1.09 bits per heavy atom. The van der Waals surface area contributed by atoms with Gasteiger partial charge in [0.2, 0.25) is 5.13 Å². The Labute approximate surface area is 189 Å². The van der Waals surface area contributed by atoms with Crippen molar-refractivity contribution in [3.8, 4) is 11.3 Å². The Morgan fingerprint density at radius 3 is 2.75 bits per heavy atom. The van der Waals surface area contributed by atoms with Gasteiger partial charge in [-0.1, -0.05) is 55.5 Å². The van der Waals surface area contributed by atoms with Gasteiger partial charge in [-0.25, -0.2) is 14.8 Å². The molecule has 0 saturated carbocycles. The van der Waals surface area contributed by atoms with E-state index < -0.39 is 5.97 Å². The molecule has 0 bridgehead atoms. The average Bonchev–Trinajstić information content (AvgIpc) is 3.21. The van der Waals surface area contributed by atoms with Gasteiger partial charge in [0.15, 0.2) is 0 Å². The van der Waals surface area contributed by atoms with Crippen LogP contribution >= 0.6 is 11.3 Å². The minimum absolute atomic E-state index is 0.0342. The van der Waals surface area contributed by atoms with Crippen molar-refractivity contribution in [3.05, 3.63) is 77.5 Å². The molecule has 160 valence electrons. The molecule has 2 N–H and O–H groups in total. The SMILES string of the molecule is CC1(C)CCc2ccc(-c3cccc(C(=O)O)n3)cc2/C1=N/Nc1nc2ccccc2s1. The number of carbonyl (C=O) groups is 1. The number of pyridine rings is 1. The third-order valence-electron chi connectivity index (χ3n) is 5.85. The molecule has 4 aromatic rings. The van der Waals surface area contributed by atoms with Crippen molar-refractivity contribution in [3.63, 3.8) is 0 Å². The predicted octanol–water partition coefficient (Wildman–Crippen LogP) is 5.85. The number of aromatic nitrogens is 2. The van der Waals surface area contributed by atoms with E-state index in [-0.39, 0.29) is 11.1 Å². The number of anilines is 1. The van der Waals surface area contributed by atoms with Crippen molar-refractivity contribution in [1.82, 2.24) is 9.97 Å². The molecule has 1 aliphatic rings. The molecule has 1 aliphatic carbocycles.